The quantitative estimate of drug-likeness (QED) is 0.793. The summed E-state index contributed by atoms with van der Waals surface area (Å²) in [7, 11) is 0. The van der Waals surface area contributed by atoms with Crippen LogP contribution in [0.25, 0.3) is 0 Å². The van der Waals surface area contributed by atoms with Crippen LogP contribution >= 0.6 is 0 Å². The molecule has 1 atom stereocenters. The molecule has 2 aromatic rings. The summed E-state index contributed by atoms with van der Waals surface area (Å²) in [4.78, 5) is 25.2. The molecule has 0 spiro atoms. The predicted molar refractivity (Wildman–Crippen MR) is 82.3 cm³/mol. The highest BCUT2D eigenvalue weighted by Gasteiger charge is 2.32. The first-order chi connectivity index (χ1) is 11.2. The minimum Gasteiger partial charge on any atom is -0.483 e. The van der Waals surface area contributed by atoms with Crippen LogP contribution in [0.5, 0.6) is 5.75 Å². The molecule has 1 aliphatic heterocycles. The lowest BCUT2D eigenvalue weighted by molar-refractivity contribution is -0.134. The number of hydrogen-bond acceptors (Lipinski definition) is 5. The van der Waals surface area contributed by atoms with Crippen molar-refractivity contribution in [1.29, 1.82) is 0 Å². The minimum atomic E-state index is -0.117. The lowest BCUT2D eigenvalue weighted by Crippen LogP contribution is -2.34. The summed E-state index contributed by atoms with van der Waals surface area (Å²) in [6, 6.07) is 8.65. The molecule has 6 nitrogen and oxygen atoms in total. The summed E-state index contributed by atoms with van der Waals surface area (Å²) in [5, 5.41) is 4.02. The molecule has 1 unspecified atom stereocenters. The van der Waals surface area contributed by atoms with E-state index in [1.54, 1.807) is 29.2 Å². The lowest BCUT2D eigenvalue weighted by Gasteiger charge is -2.23. The lowest BCUT2D eigenvalue weighted by atomic mass is 10.1. The Morgan fingerprint density at radius 2 is 2.30 bits per heavy atom. The van der Waals surface area contributed by atoms with Crippen molar-refractivity contribution in [2.75, 3.05) is 13.2 Å². The number of hydrogen-bond donors (Lipinski definition) is 0. The number of likely N-dealkylation sites (tertiary alicyclic amines) is 1. The maximum atomic E-state index is 12.5. The number of aromatic nitrogens is 1. The van der Waals surface area contributed by atoms with E-state index in [9.17, 15) is 9.59 Å². The third-order valence-electron chi connectivity index (χ3n) is 3.96. The topological polar surface area (TPSA) is 72.6 Å². The van der Waals surface area contributed by atoms with Crippen LogP contribution in [-0.4, -0.2) is 35.4 Å². The molecule has 1 fully saturated rings. The van der Waals surface area contributed by atoms with Gasteiger partial charge < -0.3 is 14.2 Å². The van der Waals surface area contributed by atoms with Crippen LogP contribution in [-0.2, 0) is 4.79 Å². The third kappa shape index (κ3) is 3.26. The first kappa shape index (κ1) is 15.3. The summed E-state index contributed by atoms with van der Waals surface area (Å²) in [5.41, 5.74) is 1.21. The zero-order chi connectivity index (χ0) is 16.2. The summed E-state index contributed by atoms with van der Waals surface area (Å²) < 4.78 is 10.6. The van der Waals surface area contributed by atoms with Crippen molar-refractivity contribution in [3.8, 4) is 5.75 Å². The highest BCUT2D eigenvalue weighted by atomic mass is 16.5. The van der Waals surface area contributed by atoms with E-state index in [1.807, 2.05) is 13.0 Å². The highest BCUT2D eigenvalue weighted by molar-refractivity contribution is 5.81. The number of aryl methyl sites for hydroxylation is 1. The van der Waals surface area contributed by atoms with E-state index in [-0.39, 0.29) is 18.6 Å². The van der Waals surface area contributed by atoms with E-state index in [1.165, 1.54) is 0 Å². The molecule has 23 heavy (non-hydrogen) atoms. The molecule has 3 rings (SSSR count). The van der Waals surface area contributed by atoms with Crippen LogP contribution in [0.3, 0.4) is 0 Å². The fourth-order valence-corrected chi connectivity index (χ4v) is 2.85. The zero-order valence-electron chi connectivity index (χ0n) is 12.9. The maximum Gasteiger partial charge on any atom is 0.261 e. The van der Waals surface area contributed by atoms with Gasteiger partial charge in [-0.2, -0.15) is 0 Å². The van der Waals surface area contributed by atoms with E-state index < -0.39 is 0 Å². The van der Waals surface area contributed by atoms with Gasteiger partial charge in [-0.15, -0.1) is 0 Å². The minimum absolute atomic E-state index is 0.0649. The molecular formula is C17H18N2O4. The number of carbonyl (C=O) groups excluding carboxylic acids is 2. The van der Waals surface area contributed by atoms with Gasteiger partial charge in [0, 0.05) is 12.6 Å². The fourth-order valence-electron chi connectivity index (χ4n) is 2.85. The summed E-state index contributed by atoms with van der Waals surface area (Å²) in [5.74, 6) is 1.04. The van der Waals surface area contributed by atoms with Crippen LogP contribution in [0.15, 0.2) is 34.9 Å². The Kier molecular flexibility index (Phi) is 4.41. The Hall–Kier alpha value is -2.63. The van der Waals surface area contributed by atoms with Crippen molar-refractivity contribution in [1.82, 2.24) is 10.1 Å². The van der Waals surface area contributed by atoms with E-state index in [4.69, 9.17) is 9.26 Å². The molecule has 0 aliphatic carbocycles. The average Bonchev–Trinajstić information content (AvgIpc) is 3.21. The standard InChI is InChI=1S/C17H18N2O4/c1-12-9-14(18-23-12)15-6-4-8-19(15)17(21)11-22-16-7-3-2-5-13(16)10-20/h2-3,5,7,9-10,15H,4,6,8,11H2,1H3. The molecule has 6 heteroatoms. The second-order valence-electron chi connectivity index (χ2n) is 5.55. The van der Waals surface area contributed by atoms with Gasteiger partial charge in [-0.1, -0.05) is 17.3 Å². The van der Waals surface area contributed by atoms with Gasteiger partial charge in [-0.3, -0.25) is 9.59 Å². The summed E-state index contributed by atoms with van der Waals surface area (Å²) in [6.45, 7) is 2.41. The smallest absolute Gasteiger partial charge is 0.261 e. The van der Waals surface area contributed by atoms with Crippen LogP contribution in [0.4, 0.5) is 0 Å². The predicted octanol–water partition coefficient (Wildman–Crippen LogP) is 2.54. The van der Waals surface area contributed by atoms with Gasteiger partial charge in [0.05, 0.1) is 11.6 Å². The Morgan fingerprint density at radius 3 is 3.04 bits per heavy atom. The monoisotopic (exact) mass is 314 g/mol. The number of rotatable bonds is 5. The number of nitrogens with zero attached hydrogens (tertiary/aromatic N) is 2. The van der Waals surface area contributed by atoms with Gasteiger partial charge in [0.1, 0.15) is 17.2 Å². The van der Waals surface area contributed by atoms with Gasteiger partial charge in [0.15, 0.2) is 12.9 Å². The van der Waals surface area contributed by atoms with E-state index in [2.05, 4.69) is 5.16 Å². The summed E-state index contributed by atoms with van der Waals surface area (Å²) >= 11 is 0. The molecule has 120 valence electrons. The molecule has 1 amide bonds. The van der Waals surface area contributed by atoms with Crippen molar-refractivity contribution in [2.24, 2.45) is 0 Å². The van der Waals surface area contributed by atoms with E-state index >= 15 is 0 Å². The van der Waals surface area contributed by atoms with Gasteiger partial charge >= 0.3 is 0 Å². The van der Waals surface area contributed by atoms with Crippen molar-refractivity contribution in [3.63, 3.8) is 0 Å². The van der Waals surface area contributed by atoms with Crippen LogP contribution in [0.1, 0.15) is 40.7 Å². The maximum absolute atomic E-state index is 12.5. The molecule has 0 bridgehead atoms. The number of amides is 1. The second-order valence-corrected chi connectivity index (χ2v) is 5.55. The molecule has 0 saturated carbocycles. The Bertz CT molecular complexity index is 710. The van der Waals surface area contributed by atoms with Gasteiger partial charge in [-0.05, 0) is 31.9 Å². The van der Waals surface area contributed by atoms with Crippen molar-refractivity contribution in [3.05, 3.63) is 47.3 Å². The molecule has 1 aliphatic rings. The van der Waals surface area contributed by atoms with Crippen molar-refractivity contribution < 1.29 is 18.8 Å². The van der Waals surface area contributed by atoms with E-state index in [0.29, 0.717) is 17.9 Å². The molecule has 1 saturated heterocycles. The summed E-state index contributed by atoms with van der Waals surface area (Å²) in [6.07, 6.45) is 2.51. The molecule has 0 radical (unpaired) electrons. The number of ether oxygens (including phenoxy) is 1. The Morgan fingerprint density at radius 1 is 1.48 bits per heavy atom. The molecule has 1 aromatic carbocycles. The van der Waals surface area contributed by atoms with Gasteiger partial charge in [-0.25, -0.2) is 0 Å². The Labute approximate surface area is 134 Å². The zero-order valence-corrected chi connectivity index (χ0v) is 12.9. The van der Waals surface area contributed by atoms with Gasteiger partial charge in [0.2, 0.25) is 0 Å². The van der Waals surface area contributed by atoms with Crippen LogP contribution < -0.4 is 4.74 Å². The first-order valence-electron chi connectivity index (χ1n) is 7.58. The normalized spacial score (nSPS) is 17.3. The number of carbonyl (C=O) groups is 2. The van der Waals surface area contributed by atoms with Crippen LogP contribution in [0, 0.1) is 6.92 Å². The third-order valence-corrected chi connectivity index (χ3v) is 3.96. The fraction of sp³-hybridized carbons (Fsp3) is 0.353. The van der Waals surface area contributed by atoms with Crippen molar-refractivity contribution in [2.45, 2.75) is 25.8 Å². The number of benzene rings is 1. The van der Waals surface area contributed by atoms with E-state index in [0.717, 1.165) is 30.6 Å². The van der Waals surface area contributed by atoms with Crippen LogP contribution in [0.2, 0.25) is 0 Å². The second kappa shape index (κ2) is 6.64. The number of para-hydroxylation sites is 1. The van der Waals surface area contributed by atoms with Gasteiger partial charge in [0.25, 0.3) is 5.91 Å². The first-order valence-corrected chi connectivity index (χ1v) is 7.58. The largest absolute Gasteiger partial charge is 0.483 e. The molecule has 2 heterocycles. The molecule has 0 N–H and O–H groups in total. The molecular weight excluding hydrogens is 296 g/mol. The number of aldehydes is 1. The highest BCUT2D eigenvalue weighted by Crippen LogP contribution is 2.31. The average molecular weight is 314 g/mol. The molecule has 1 aromatic heterocycles. The Balaban J connectivity index is 1.66. The SMILES string of the molecule is Cc1cc(C2CCCN2C(=O)COc2ccccc2C=O)no1. The van der Waals surface area contributed by atoms with Crippen molar-refractivity contribution >= 4 is 12.2 Å².